The summed E-state index contributed by atoms with van der Waals surface area (Å²) in [5.74, 6) is 0. The highest BCUT2D eigenvalue weighted by atomic mass is 35.5. The Balaban J connectivity index is 1.79. The average Bonchev–Trinajstić information content (AvgIpc) is 2.65. The van der Waals surface area contributed by atoms with E-state index in [9.17, 15) is 0 Å². The summed E-state index contributed by atoms with van der Waals surface area (Å²) in [6.07, 6.45) is 1.12. The number of fused-ring (bicyclic) bond motifs is 1. The Bertz CT molecular complexity index is 603. The van der Waals surface area contributed by atoms with Crippen molar-refractivity contribution in [3.63, 3.8) is 0 Å². The first kappa shape index (κ1) is 12.7. The van der Waals surface area contributed by atoms with Crippen LogP contribution in [0.5, 0.6) is 0 Å². The molecule has 0 saturated heterocycles. The monoisotopic (exact) mass is 275 g/mol. The van der Waals surface area contributed by atoms with E-state index in [1.54, 1.807) is 4.68 Å². The summed E-state index contributed by atoms with van der Waals surface area (Å²) in [7, 11) is 1.89. The van der Waals surface area contributed by atoms with Gasteiger partial charge in [0.25, 0.3) is 0 Å². The maximum atomic E-state index is 6.31. The molecule has 0 spiro atoms. The Labute approximate surface area is 118 Å². The van der Waals surface area contributed by atoms with Gasteiger partial charge in [0, 0.05) is 32.2 Å². The van der Waals surface area contributed by atoms with Gasteiger partial charge in [0.2, 0.25) is 0 Å². The van der Waals surface area contributed by atoms with Crippen molar-refractivity contribution in [1.82, 2.24) is 14.7 Å². The van der Waals surface area contributed by atoms with Crippen LogP contribution >= 0.6 is 11.6 Å². The average molecular weight is 276 g/mol. The fourth-order valence-electron chi connectivity index (χ4n) is 2.77. The first-order chi connectivity index (χ1) is 9.15. The van der Waals surface area contributed by atoms with Gasteiger partial charge in [0.05, 0.1) is 5.69 Å². The first-order valence-electron chi connectivity index (χ1n) is 6.62. The molecule has 0 aliphatic carbocycles. The predicted octanol–water partition coefficient (Wildman–Crippen LogP) is 2.94. The van der Waals surface area contributed by atoms with Crippen molar-refractivity contribution in [3.8, 4) is 0 Å². The van der Waals surface area contributed by atoms with Crippen LogP contribution < -0.4 is 0 Å². The molecule has 0 atom stereocenters. The topological polar surface area (TPSA) is 21.1 Å². The Kier molecular flexibility index (Phi) is 3.33. The van der Waals surface area contributed by atoms with Gasteiger partial charge in [-0.2, -0.15) is 5.10 Å². The minimum Gasteiger partial charge on any atom is -0.294 e. The minimum absolute atomic E-state index is 0.761. The van der Waals surface area contributed by atoms with E-state index in [0.29, 0.717) is 0 Å². The lowest BCUT2D eigenvalue weighted by Gasteiger charge is -2.28. The predicted molar refractivity (Wildman–Crippen MR) is 77.2 cm³/mol. The SMILES string of the molecule is Cc1nn(C)c(Cl)c1CN1CCc2ccccc2C1. The molecule has 3 rings (SSSR count). The zero-order valence-corrected chi connectivity index (χ0v) is 12.1. The third kappa shape index (κ3) is 2.40. The molecule has 19 heavy (non-hydrogen) atoms. The van der Waals surface area contributed by atoms with Gasteiger partial charge in [-0.1, -0.05) is 35.9 Å². The van der Waals surface area contributed by atoms with Crippen LogP contribution in [0.3, 0.4) is 0 Å². The molecule has 0 amide bonds. The standard InChI is InChI=1S/C15H18ClN3/c1-11-14(15(16)18(2)17-11)10-19-8-7-12-5-3-4-6-13(12)9-19/h3-6H,7-10H2,1-2H3. The molecular formula is C15H18ClN3. The van der Waals surface area contributed by atoms with Crippen molar-refractivity contribution >= 4 is 11.6 Å². The molecule has 1 aromatic carbocycles. The van der Waals surface area contributed by atoms with E-state index in [1.165, 1.54) is 11.1 Å². The molecule has 4 heteroatoms. The first-order valence-corrected chi connectivity index (χ1v) is 7.00. The van der Waals surface area contributed by atoms with Crippen LogP contribution in [-0.4, -0.2) is 21.2 Å². The highest BCUT2D eigenvalue weighted by Gasteiger charge is 2.19. The largest absolute Gasteiger partial charge is 0.294 e. The Morgan fingerprint density at radius 1 is 1.26 bits per heavy atom. The van der Waals surface area contributed by atoms with Gasteiger partial charge >= 0.3 is 0 Å². The molecule has 0 saturated carbocycles. The van der Waals surface area contributed by atoms with Gasteiger partial charge in [0.15, 0.2) is 0 Å². The number of aromatic nitrogens is 2. The highest BCUT2D eigenvalue weighted by molar-refractivity contribution is 6.30. The third-order valence-corrected chi connectivity index (χ3v) is 4.33. The number of nitrogens with zero attached hydrogens (tertiary/aromatic N) is 3. The lowest BCUT2D eigenvalue weighted by Crippen LogP contribution is -2.30. The number of aryl methyl sites for hydroxylation is 2. The van der Waals surface area contributed by atoms with E-state index in [0.717, 1.165) is 42.5 Å². The van der Waals surface area contributed by atoms with E-state index in [1.807, 2.05) is 14.0 Å². The number of benzene rings is 1. The molecule has 2 aromatic rings. The van der Waals surface area contributed by atoms with Crippen LogP contribution in [0, 0.1) is 6.92 Å². The molecule has 1 aliphatic rings. The number of rotatable bonds is 2. The molecule has 2 heterocycles. The summed E-state index contributed by atoms with van der Waals surface area (Å²) >= 11 is 6.31. The van der Waals surface area contributed by atoms with Gasteiger partial charge < -0.3 is 0 Å². The van der Waals surface area contributed by atoms with Gasteiger partial charge in [-0.3, -0.25) is 9.58 Å². The summed E-state index contributed by atoms with van der Waals surface area (Å²) in [4.78, 5) is 2.44. The molecule has 100 valence electrons. The van der Waals surface area contributed by atoms with Crippen LogP contribution in [-0.2, 0) is 26.6 Å². The molecule has 3 nitrogen and oxygen atoms in total. The van der Waals surface area contributed by atoms with Crippen LogP contribution in [0.4, 0.5) is 0 Å². The van der Waals surface area contributed by atoms with E-state index in [2.05, 4.69) is 34.3 Å². The van der Waals surface area contributed by atoms with E-state index in [4.69, 9.17) is 11.6 Å². The number of halogens is 1. The highest BCUT2D eigenvalue weighted by Crippen LogP contribution is 2.24. The molecule has 0 N–H and O–H groups in total. The Morgan fingerprint density at radius 3 is 2.68 bits per heavy atom. The lowest BCUT2D eigenvalue weighted by molar-refractivity contribution is 0.245. The summed E-state index contributed by atoms with van der Waals surface area (Å²) < 4.78 is 1.75. The molecule has 0 unspecified atom stereocenters. The van der Waals surface area contributed by atoms with Gasteiger partial charge in [0.1, 0.15) is 5.15 Å². The molecule has 1 aromatic heterocycles. The quantitative estimate of drug-likeness (QED) is 0.840. The zero-order valence-electron chi connectivity index (χ0n) is 11.4. The van der Waals surface area contributed by atoms with Crippen molar-refractivity contribution in [1.29, 1.82) is 0 Å². The second-order valence-corrected chi connectivity index (χ2v) is 5.57. The van der Waals surface area contributed by atoms with Crippen LogP contribution in [0.25, 0.3) is 0 Å². The third-order valence-electron chi connectivity index (χ3n) is 3.86. The lowest BCUT2D eigenvalue weighted by atomic mass is 9.99. The van der Waals surface area contributed by atoms with Crippen molar-refractivity contribution in [3.05, 3.63) is 51.8 Å². The smallest absolute Gasteiger partial charge is 0.131 e. The molecule has 0 fully saturated rings. The van der Waals surface area contributed by atoms with E-state index < -0.39 is 0 Å². The molecular weight excluding hydrogens is 258 g/mol. The molecule has 1 aliphatic heterocycles. The normalized spacial score (nSPS) is 15.5. The summed E-state index contributed by atoms with van der Waals surface area (Å²) in [5.41, 5.74) is 5.11. The van der Waals surface area contributed by atoms with Crippen molar-refractivity contribution in [2.75, 3.05) is 6.54 Å². The Morgan fingerprint density at radius 2 is 2.00 bits per heavy atom. The molecule has 0 radical (unpaired) electrons. The summed E-state index contributed by atoms with van der Waals surface area (Å²) in [5, 5.41) is 5.14. The van der Waals surface area contributed by atoms with Crippen molar-refractivity contribution in [2.45, 2.75) is 26.4 Å². The van der Waals surface area contributed by atoms with E-state index in [-0.39, 0.29) is 0 Å². The minimum atomic E-state index is 0.761. The second kappa shape index (κ2) is 4.99. The van der Waals surface area contributed by atoms with Gasteiger partial charge in [-0.15, -0.1) is 0 Å². The second-order valence-electron chi connectivity index (χ2n) is 5.21. The molecule has 0 bridgehead atoms. The number of hydrogen-bond acceptors (Lipinski definition) is 2. The number of hydrogen-bond donors (Lipinski definition) is 0. The fraction of sp³-hybridized carbons (Fsp3) is 0.400. The van der Waals surface area contributed by atoms with Crippen molar-refractivity contribution in [2.24, 2.45) is 7.05 Å². The maximum absolute atomic E-state index is 6.31. The summed E-state index contributed by atoms with van der Waals surface area (Å²) in [6.45, 7) is 4.99. The summed E-state index contributed by atoms with van der Waals surface area (Å²) in [6, 6.07) is 8.69. The van der Waals surface area contributed by atoms with Crippen LogP contribution in [0.1, 0.15) is 22.4 Å². The van der Waals surface area contributed by atoms with E-state index >= 15 is 0 Å². The Hall–Kier alpha value is -1.32. The zero-order chi connectivity index (χ0) is 13.4. The fourth-order valence-corrected chi connectivity index (χ4v) is 3.00. The van der Waals surface area contributed by atoms with Crippen molar-refractivity contribution < 1.29 is 0 Å². The van der Waals surface area contributed by atoms with Crippen LogP contribution in [0.15, 0.2) is 24.3 Å². The maximum Gasteiger partial charge on any atom is 0.131 e. The van der Waals surface area contributed by atoms with Gasteiger partial charge in [-0.05, 0) is 24.5 Å². The van der Waals surface area contributed by atoms with Gasteiger partial charge in [-0.25, -0.2) is 0 Å². The van der Waals surface area contributed by atoms with Crippen LogP contribution in [0.2, 0.25) is 5.15 Å².